The van der Waals surface area contributed by atoms with E-state index in [1.54, 1.807) is 0 Å². The fourth-order valence-corrected chi connectivity index (χ4v) is 3.03. The zero-order valence-electron chi connectivity index (χ0n) is 14.7. The van der Waals surface area contributed by atoms with Gasteiger partial charge in [-0.25, -0.2) is 0 Å². The van der Waals surface area contributed by atoms with Crippen molar-refractivity contribution in [1.29, 1.82) is 0 Å². The second-order valence-electron chi connectivity index (χ2n) is 6.48. The molecule has 0 amide bonds. The van der Waals surface area contributed by atoms with Crippen molar-refractivity contribution in [2.24, 2.45) is 0 Å². The van der Waals surface area contributed by atoms with E-state index in [0.717, 1.165) is 51.6 Å². The lowest BCUT2D eigenvalue weighted by atomic mass is 10.1. The molecule has 0 spiro atoms. The van der Waals surface area contributed by atoms with Crippen LogP contribution in [0.2, 0.25) is 0 Å². The van der Waals surface area contributed by atoms with Crippen LogP contribution >= 0.6 is 0 Å². The monoisotopic (exact) mass is 321 g/mol. The van der Waals surface area contributed by atoms with Crippen molar-refractivity contribution in [3.05, 3.63) is 0 Å². The summed E-state index contributed by atoms with van der Waals surface area (Å²) in [5.41, 5.74) is 5.86. The molecule has 23 heavy (non-hydrogen) atoms. The average Bonchev–Trinajstić information content (AvgIpc) is 2.49. The molecule has 1 fully saturated rings. The number of nitrogens with one attached hydrogen (secondary N) is 2. The number of nitrogens with two attached hydrogens (primary N) is 1. The number of hydrogen-bond donors (Lipinski definition) is 3. The van der Waals surface area contributed by atoms with Crippen LogP contribution in [0.15, 0.2) is 0 Å². The van der Waals surface area contributed by atoms with Gasteiger partial charge in [0.05, 0.1) is 0 Å². The first-order valence-corrected chi connectivity index (χ1v) is 8.83. The maximum absolute atomic E-state index is 5.86. The van der Waals surface area contributed by atoms with E-state index in [9.17, 15) is 0 Å². The van der Waals surface area contributed by atoms with E-state index in [1.807, 2.05) is 0 Å². The van der Waals surface area contributed by atoms with E-state index >= 15 is 0 Å². The molecular formula is C16H31N7. The van der Waals surface area contributed by atoms with Gasteiger partial charge in [-0.05, 0) is 45.8 Å². The Morgan fingerprint density at radius 3 is 2.30 bits per heavy atom. The van der Waals surface area contributed by atoms with Crippen LogP contribution in [-0.2, 0) is 0 Å². The van der Waals surface area contributed by atoms with E-state index in [-0.39, 0.29) is 5.95 Å². The van der Waals surface area contributed by atoms with Gasteiger partial charge in [0, 0.05) is 12.1 Å². The second-order valence-corrected chi connectivity index (χ2v) is 6.48. The maximum Gasteiger partial charge on any atom is 0.229 e. The van der Waals surface area contributed by atoms with E-state index in [4.69, 9.17) is 5.73 Å². The molecule has 4 N–H and O–H groups in total. The zero-order valence-corrected chi connectivity index (χ0v) is 14.7. The molecule has 0 bridgehead atoms. The fraction of sp³-hybridized carbons (Fsp3) is 0.812. The van der Waals surface area contributed by atoms with Crippen LogP contribution in [0.5, 0.6) is 0 Å². The van der Waals surface area contributed by atoms with Crippen LogP contribution < -0.4 is 16.4 Å². The number of nitrogen functional groups attached to an aromatic ring is 1. The smallest absolute Gasteiger partial charge is 0.229 e. The Balaban J connectivity index is 2.00. The van der Waals surface area contributed by atoms with Crippen LogP contribution in [-0.4, -0.2) is 52.1 Å². The number of likely N-dealkylation sites (tertiary alicyclic amines) is 1. The Labute approximate surface area is 139 Å². The van der Waals surface area contributed by atoms with Gasteiger partial charge < -0.3 is 21.3 Å². The molecule has 0 atom stereocenters. The van der Waals surface area contributed by atoms with Gasteiger partial charge in [-0.2, -0.15) is 15.0 Å². The largest absolute Gasteiger partial charge is 0.368 e. The Morgan fingerprint density at radius 1 is 1.09 bits per heavy atom. The molecule has 0 aromatic carbocycles. The van der Waals surface area contributed by atoms with Crippen LogP contribution in [0, 0.1) is 0 Å². The van der Waals surface area contributed by atoms with Gasteiger partial charge in [0.1, 0.15) is 0 Å². The minimum Gasteiger partial charge on any atom is -0.368 e. The number of piperidine rings is 1. The summed E-state index contributed by atoms with van der Waals surface area (Å²) < 4.78 is 0. The molecule has 2 rings (SSSR count). The predicted molar refractivity (Wildman–Crippen MR) is 95.6 cm³/mol. The predicted octanol–water partition coefficient (Wildman–Crippen LogP) is 2.34. The highest BCUT2D eigenvalue weighted by atomic mass is 15.3. The van der Waals surface area contributed by atoms with Crippen molar-refractivity contribution in [3.8, 4) is 0 Å². The summed E-state index contributed by atoms with van der Waals surface area (Å²) in [6.45, 7) is 6.58. The Bertz CT molecular complexity index is 465. The molecule has 1 aliphatic rings. The Morgan fingerprint density at radius 2 is 1.70 bits per heavy atom. The van der Waals surface area contributed by atoms with Crippen LogP contribution in [0.1, 0.15) is 52.4 Å². The molecule has 1 saturated heterocycles. The molecule has 130 valence electrons. The molecule has 0 unspecified atom stereocenters. The zero-order chi connectivity index (χ0) is 16.7. The lowest BCUT2D eigenvalue weighted by molar-refractivity contribution is 0.263. The van der Waals surface area contributed by atoms with E-state index in [1.165, 1.54) is 0 Å². The molecule has 7 heteroatoms. The van der Waals surface area contributed by atoms with Crippen molar-refractivity contribution in [1.82, 2.24) is 19.9 Å². The minimum absolute atomic E-state index is 0.268. The quantitative estimate of drug-likeness (QED) is 0.677. The van der Waals surface area contributed by atoms with E-state index < -0.39 is 0 Å². The third kappa shape index (κ3) is 5.82. The number of anilines is 3. The number of rotatable bonds is 8. The van der Waals surface area contributed by atoms with Crippen molar-refractivity contribution in [3.63, 3.8) is 0 Å². The third-order valence-electron chi connectivity index (χ3n) is 4.31. The summed E-state index contributed by atoms with van der Waals surface area (Å²) in [6, 6.07) is 0.797. The summed E-state index contributed by atoms with van der Waals surface area (Å²) in [5.74, 6) is 1.44. The van der Waals surface area contributed by atoms with Gasteiger partial charge >= 0.3 is 0 Å². The van der Waals surface area contributed by atoms with Crippen LogP contribution in [0.25, 0.3) is 0 Å². The second kappa shape index (κ2) is 8.86. The SMILES string of the molecule is CCCC(CCC)Nc1nc(N)nc(NC2CCN(C)CC2)n1. The summed E-state index contributed by atoms with van der Waals surface area (Å²) in [4.78, 5) is 15.3. The van der Waals surface area contributed by atoms with Gasteiger partial charge in [0.2, 0.25) is 17.8 Å². The summed E-state index contributed by atoms with van der Waals surface area (Å²) >= 11 is 0. The van der Waals surface area contributed by atoms with Gasteiger partial charge in [-0.1, -0.05) is 26.7 Å². The molecule has 0 saturated carbocycles. The molecule has 1 aromatic heterocycles. The van der Waals surface area contributed by atoms with Gasteiger partial charge in [0.15, 0.2) is 0 Å². The summed E-state index contributed by atoms with van der Waals surface area (Å²) in [7, 11) is 2.15. The van der Waals surface area contributed by atoms with Gasteiger partial charge in [-0.15, -0.1) is 0 Å². The average molecular weight is 321 g/mol. The lowest BCUT2D eigenvalue weighted by Crippen LogP contribution is -2.37. The minimum atomic E-state index is 0.268. The summed E-state index contributed by atoms with van der Waals surface area (Å²) in [5, 5.41) is 6.83. The van der Waals surface area contributed by atoms with E-state index in [0.29, 0.717) is 24.0 Å². The number of nitrogens with zero attached hydrogens (tertiary/aromatic N) is 4. The molecule has 0 aliphatic carbocycles. The maximum atomic E-state index is 5.86. The first kappa shape index (κ1) is 17.7. The van der Waals surface area contributed by atoms with Gasteiger partial charge in [-0.3, -0.25) is 0 Å². The van der Waals surface area contributed by atoms with Crippen molar-refractivity contribution >= 4 is 17.8 Å². The molecule has 7 nitrogen and oxygen atoms in total. The molecule has 2 heterocycles. The number of aromatic nitrogens is 3. The third-order valence-corrected chi connectivity index (χ3v) is 4.31. The fourth-order valence-electron chi connectivity index (χ4n) is 3.03. The Hall–Kier alpha value is -1.63. The van der Waals surface area contributed by atoms with Gasteiger partial charge in [0.25, 0.3) is 0 Å². The highest BCUT2D eigenvalue weighted by Gasteiger charge is 2.18. The van der Waals surface area contributed by atoms with Crippen molar-refractivity contribution < 1.29 is 0 Å². The lowest BCUT2D eigenvalue weighted by Gasteiger charge is -2.29. The molecular weight excluding hydrogens is 290 g/mol. The summed E-state index contributed by atoms with van der Waals surface area (Å²) in [6.07, 6.45) is 6.68. The highest BCUT2D eigenvalue weighted by molar-refractivity contribution is 5.41. The normalized spacial score (nSPS) is 16.7. The first-order valence-electron chi connectivity index (χ1n) is 8.83. The molecule has 1 aromatic rings. The Kier molecular flexibility index (Phi) is 6.83. The van der Waals surface area contributed by atoms with Crippen LogP contribution in [0.3, 0.4) is 0 Å². The van der Waals surface area contributed by atoms with Crippen LogP contribution in [0.4, 0.5) is 17.8 Å². The number of hydrogen-bond acceptors (Lipinski definition) is 7. The molecule has 0 radical (unpaired) electrons. The first-order chi connectivity index (χ1) is 11.1. The highest BCUT2D eigenvalue weighted by Crippen LogP contribution is 2.16. The van der Waals surface area contributed by atoms with Crippen molar-refractivity contribution in [2.75, 3.05) is 36.5 Å². The topological polar surface area (TPSA) is 92.0 Å². The van der Waals surface area contributed by atoms with Crippen molar-refractivity contribution in [2.45, 2.75) is 64.5 Å². The standard InChI is InChI=1S/C16H31N7/c1-4-6-12(7-5-2)18-15-20-14(17)21-16(22-15)19-13-8-10-23(3)11-9-13/h12-13H,4-11H2,1-3H3,(H4,17,18,19,20,21,22). The molecule has 1 aliphatic heterocycles. The van der Waals surface area contributed by atoms with E-state index in [2.05, 4.69) is 51.4 Å².